The molecule has 0 saturated carbocycles. The van der Waals surface area contributed by atoms with Gasteiger partial charge in [0.05, 0.1) is 6.42 Å². The molecule has 0 spiro atoms. The highest BCUT2D eigenvalue weighted by Gasteiger charge is 2.44. The van der Waals surface area contributed by atoms with E-state index in [1.807, 2.05) is 29.4 Å². The third kappa shape index (κ3) is 4.13. The zero-order valence-electron chi connectivity index (χ0n) is 14.0. The molecule has 0 bridgehead atoms. The van der Waals surface area contributed by atoms with Gasteiger partial charge in [0.2, 0.25) is 0 Å². The Morgan fingerprint density at radius 1 is 1.05 bits per heavy atom. The normalized spacial score (nSPS) is 12.4. The molecule has 0 radical (unpaired) electrons. The molecule has 0 saturated heterocycles. The predicted octanol–water partition coefficient (Wildman–Crippen LogP) is 5.58. The van der Waals surface area contributed by atoms with Crippen molar-refractivity contribution in [3.63, 3.8) is 0 Å². The molecule has 0 aliphatic carbocycles. The van der Waals surface area contributed by atoms with E-state index < -0.39 is 13.2 Å². The summed E-state index contributed by atoms with van der Waals surface area (Å²) in [6.45, 7) is 14.0. The van der Waals surface area contributed by atoms with Crippen LogP contribution in [0.3, 0.4) is 0 Å². The van der Waals surface area contributed by atoms with Crippen LogP contribution in [0.2, 0.25) is 16.6 Å². The highest BCUT2D eigenvalue weighted by Crippen LogP contribution is 2.52. The Bertz CT molecular complexity index is 462. The van der Waals surface area contributed by atoms with Gasteiger partial charge in [-0.15, -0.1) is 11.2 Å². The lowest BCUT2D eigenvalue weighted by Crippen LogP contribution is -2.41. The molecule has 1 N–H and O–H groups in total. The van der Waals surface area contributed by atoms with Gasteiger partial charge in [-0.05, 0) is 28.3 Å². The van der Waals surface area contributed by atoms with Crippen LogP contribution in [0.25, 0.3) is 0 Å². The average Bonchev–Trinajstić information content (AvgIpc) is 2.35. The first-order chi connectivity index (χ1) is 9.71. The minimum atomic E-state index is -1.63. The Hall–Kier alpha value is -0.743. The first-order valence-electron chi connectivity index (χ1n) is 7.70. The van der Waals surface area contributed by atoms with Gasteiger partial charge in [-0.2, -0.15) is 0 Å². The maximum Gasteiger partial charge on any atom is 0.307 e. The van der Waals surface area contributed by atoms with E-state index in [1.165, 1.54) is 4.90 Å². The molecule has 0 aliphatic heterocycles. The Morgan fingerprint density at radius 3 is 1.95 bits per heavy atom. The maximum absolute atomic E-state index is 11.1. The molecule has 1 aromatic carbocycles. The lowest BCUT2D eigenvalue weighted by Gasteiger charge is -2.42. The molecule has 118 valence electrons. The molecule has 0 aromatic heterocycles. The van der Waals surface area contributed by atoms with Crippen molar-refractivity contribution in [1.29, 1.82) is 0 Å². The van der Waals surface area contributed by atoms with E-state index in [-0.39, 0.29) is 6.42 Å². The number of aliphatic carboxylic acids is 1. The van der Waals surface area contributed by atoms with Gasteiger partial charge in [0.25, 0.3) is 0 Å². The summed E-state index contributed by atoms with van der Waals surface area (Å²) in [5, 5.41) is 9.12. The van der Waals surface area contributed by atoms with Crippen LogP contribution in [0.4, 0.5) is 0 Å². The smallest absolute Gasteiger partial charge is 0.307 e. The second-order valence-corrected chi connectivity index (χ2v) is 15.1. The van der Waals surface area contributed by atoms with Crippen LogP contribution in [-0.4, -0.2) is 18.3 Å². The summed E-state index contributed by atoms with van der Waals surface area (Å²) in [6, 6.07) is 8.01. The molecule has 0 fully saturated rings. The van der Waals surface area contributed by atoms with Crippen LogP contribution in [0.15, 0.2) is 29.2 Å². The van der Waals surface area contributed by atoms with Crippen molar-refractivity contribution in [2.75, 3.05) is 0 Å². The fraction of sp³-hybridized carbons (Fsp3) is 0.588. The Morgan fingerprint density at radius 2 is 1.52 bits per heavy atom. The third-order valence-electron chi connectivity index (χ3n) is 4.31. The van der Waals surface area contributed by atoms with Crippen molar-refractivity contribution < 1.29 is 9.90 Å². The standard InChI is InChI=1S/C17H28O2SSi/c1-12(2)21(13(3)4,14(5)6)20-16-10-8-7-9-15(16)11-17(18)19/h7-10,12-14H,11H2,1-6H3,(H,18,19). The zero-order valence-corrected chi connectivity index (χ0v) is 15.8. The molecule has 21 heavy (non-hydrogen) atoms. The van der Waals surface area contributed by atoms with Crippen LogP contribution in [-0.2, 0) is 11.2 Å². The Labute approximate surface area is 134 Å². The fourth-order valence-corrected chi connectivity index (χ4v) is 12.8. The largest absolute Gasteiger partial charge is 0.481 e. The SMILES string of the molecule is CC(C)[Si](Sc1ccccc1CC(=O)O)(C(C)C)C(C)C. The van der Waals surface area contributed by atoms with Crippen molar-refractivity contribution in [1.82, 2.24) is 0 Å². The van der Waals surface area contributed by atoms with Crippen molar-refractivity contribution in [2.45, 2.75) is 69.5 Å². The summed E-state index contributed by atoms with van der Waals surface area (Å²) in [4.78, 5) is 12.3. The summed E-state index contributed by atoms with van der Waals surface area (Å²) in [6.07, 6.45) is 0.113. The molecule has 4 heteroatoms. The van der Waals surface area contributed by atoms with Gasteiger partial charge in [-0.25, -0.2) is 0 Å². The number of hydrogen-bond donors (Lipinski definition) is 1. The van der Waals surface area contributed by atoms with Gasteiger partial charge >= 0.3 is 5.97 Å². The van der Waals surface area contributed by atoms with E-state index >= 15 is 0 Å². The number of carboxylic acids is 1. The molecule has 1 aromatic rings. The van der Waals surface area contributed by atoms with Crippen LogP contribution in [0.1, 0.15) is 47.1 Å². The van der Waals surface area contributed by atoms with Gasteiger partial charge < -0.3 is 5.11 Å². The topological polar surface area (TPSA) is 37.3 Å². The maximum atomic E-state index is 11.1. The molecule has 2 nitrogen and oxygen atoms in total. The second kappa shape index (κ2) is 7.50. The fourth-order valence-electron chi connectivity index (χ4n) is 3.46. The van der Waals surface area contributed by atoms with E-state index in [0.29, 0.717) is 16.6 Å². The Kier molecular flexibility index (Phi) is 6.54. The summed E-state index contributed by atoms with van der Waals surface area (Å²) in [5.41, 5.74) is 2.91. The van der Waals surface area contributed by atoms with Crippen LogP contribution < -0.4 is 0 Å². The molecule has 0 amide bonds. The van der Waals surface area contributed by atoms with Gasteiger partial charge in [0.1, 0.15) is 7.22 Å². The van der Waals surface area contributed by atoms with E-state index in [4.69, 9.17) is 5.11 Å². The lowest BCUT2D eigenvalue weighted by atomic mass is 10.1. The van der Waals surface area contributed by atoms with Gasteiger partial charge in [0, 0.05) is 4.90 Å². The monoisotopic (exact) mass is 324 g/mol. The zero-order chi connectivity index (χ0) is 16.2. The second-order valence-electron chi connectivity index (χ2n) is 6.60. The van der Waals surface area contributed by atoms with E-state index in [0.717, 1.165) is 5.56 Å². The number of hydrogen-bond acceptors (Lipinski definition) is 2. The number of benzene rings is 1. The number of rotatable bonds is 7. The number of carbonyl (C=O) groups is 1. The van der Waals surface area contributed by atoms with E-state index in [1.54, 1.807) is 0 Å². The first kappa shape index (κ1) is 18.3. The molecule has 0 heterocycles. The Balaban J connectivity index is 3.24. The van der Waals surface area contributed by atoms with Crippen molar-refractivity contribution in [3.8, 4) is 0 Å². The molecular weight excluding hydrogens is 296 g/mol. The van der Waals surface area contributed by atoms with Crippen LogP contribution >= 0.6 is 11.2 Å². The molecule has 0 aliphatic rings. The third-order valence-corrected chi connectivity index (χ3v) is 16.7. The summed E-state index contributed by atoms with van der Waals surface area (Å²) in [7, 11) is -1.63. The molecule has 1 rings (SSSR count). The highest BCUT2D eigenvalue weighted by atomic mass is 32.4. The minimum absolute atomic E-state index is 0.113. The van der Waals surface area contributed by atoms with Gasteiger partial charge in [-0.3, -0.25) is 4.79 Å². The summed E-state index contributed by atoms with van der Waals surface area (Å²) < 4.78 is 0. The van der Waals surface area contributed by atoms with Crippen LogP contribution in [0.5, 0.6) is 0 Å². The van der Waals surface area contributed by atoms with Crippen molar-refractivity contribution >= 4 is 24.4 Å². The first-order valence-corrected chi connectivity index (χ1v) is 11.5. The number of carboxylic acid groups (broad SMARTS) is 1. The lowest BCUT2D eigenvalue weighted by molar-refractivity contribution is -0.136. The summed E-state index contributed by atoms with van der Waals surface area (Å²) >= 11 is 2.00. The van der Waals surface area contributed by atoms with Crippen LogP contribution in [0, 0.1) is 0 Å². The quantitative estimate of drug-likeness (QED) is 0.665. The highest BCUT2D eigenvalue weighted by molar-refractivity contribution is 8.29. The molecular formula is C17H28O2SSi. The minimum Gasteiger partial charge on any atom is -0.481 e. The summed E-state index contributed by atoms with van der Waals surface area (Å²) in [5.74, 6) is -0.756. The van der Waals surface area contributed by atoms with E-state index in [9.17, 15) is 4.79 Å². The van der Waals surface area contributed by atoms with Gasteiger partial charge in [-0.1, -0.05) is 59.7 Å². The molecule has 0 unspecified atom stereocenters. The van der Waals surface area contributed by atoms with Crippen molar-refractivity contribution in [3.05, 3.63) is 29.8 Å². The predicted molar refractivity (Wildman–Crippen MR) is 94.7 cm³/mol. The van der Waals surface area contributed by atoms with Crippen molar-refractivity contribution in [2.24, 2.45) is 0 Å². The van der Waals surface area contributed by atoms with Gasteiger partial charge in [0.15, 0.2) is 0 Å². The molecule has 0 atom stereocenters. The average molecular weight is 325 g/mol. The van der Waals surface area contributed by atoms with E-state index in [2.05, 4.69) is 47.6 Å².